The number of hydrogen-bond acceptors (Lipinski definition) is 3. The van der Waals surface area contributed by atoms with Gasteiger partial charge in [0.05, 0.1) is 5.75 Å². The monoisotopic (exact) mass is 288 g/mol. The first kappa shape index (κ1) is 16.7. The van der Waals surface area contributed by atoms with Crippen LogP contribution in [-0.2, 0) is 14.6 Å². The zero-order chi connectivity index (χ0) is 14.1. The number of carbonyl (C=O) groups is 1. The molecule has 0 bridgehead atoms. The highest BCUT2D eigenvalue weighted by Crippen LogP contribution is 2.22. The van der Waals surface area contributed by atoms with E-state index in [1.165, 1.54) is 32.1 Å². The molecule has 0 N–H and O–H groups in total. The second-order valence-corrected chi connectivity index (χ2v) is 7.99. The summed E-state index contributed by atoms with van der Waals surface area (Å²) in [5, 5.41) is -0.679. The van der Waals surface area contributed by atoms with Crippen LogP contribution in [0.5, 0.6) is 0 Å². The number of unbranched alkanes of at least 4 members (excludes halogenated alkanes) is 6. The van der Waals surface area contributed by atoms with Gasteiger partial charge in [-0.3, -0.25) is 4.79 Å². The third-order valence-corrected chi connectivity index (χ3v) is 6.19. The molecule has 1 aliphatic heterocycles. The van der Waals surface area contributed by atoms with Crippen LogP contribution in [0.1, 0.15) is 77.6 Å². The molecule has 1 saturated heterocycles. The number of Topliss-reactive ketones (excluding diaryl/α,β-unsaturated/α-hetero) is 1. The molecule has 0 aromatic carbocycles. The van der Waals surface area contributed by atoms with Gasteiger partial charge in [-0.1, -0.05) is 51.9 Å². The van der Waals surface area contributed by atoms with Crippen LogP contribution in [0.15, 0.2) is 0 Å². The molecule has 1 aliphatic rings. The summed E-state index contributed by atoms with van der Waals surface area (Å²) >= 11 is 0. The van der Waals surface area contributed by atoms with Gasteiger partial charge in [0, 0.05) is 6.42 Å². The summed E-state index contributed by atoms with van der Waals surface area (Å²) in [4.78, 5) is 12.0. The molecule has 112 valence electrons. The molecule has 1 rings (SSSR count). The Hall–Kier alpha value is -0.380. The number of hydrogen-bond donors (Lipinski definition) is 0. The fourth-order valence-electron chi connectivity index (χ4n) is 2.73. The van der Waals surface area contributed by atoms with Crippen molar-refractivity contribution in [1.29, 1.82) is 0 Å². The quantitative estimate of drug-likeness (QED) is 0.608. The van der Waals surface area contributed by atoms with Gasteiger partial charge < -0.3 is 0 Å². The van der Waals surface area contributed by atoms with E-state index in [0.29, 0.717) is 12.8 Å². The van der Waals surface area contributed by atoms with E-state index in [4.69, 9.17) is 0 Å². The molecule has 1 atom stereocenters. The van der Waals surface area contributed by atoms with Crippen LogP contribution in [0.2, 0.25) is 0 Å². The Labute approximate surface area is 118 Å². The highest BCUT2D eigenvalue weighted by Gasteiger charge is 2.33. The average Bonchev–Trinajstić information content (AvgIpc) is 2.37. The van der Waals surface area contributed by atoms with Gasteiger partial charge in [-0.15, -0.1) is 0 Å². The molecule has 4 heteroatoms. The Morgan fingerprint density at radius 2 is 1.63 bits per heavy atom. The molecule has 0 amide bonds. The van der Waals surface area contributed by atoms with Crippen molar-refractivity contribution in [2.45, 2.75) is 82.8 Å². The topological polar surface area (TPSA) is 51.2 Å². The summed E-state index contributed by atoms with van der Waals surface area (Å²) in [6.45, 7) is 2.20. The lowest BCUT2D eigenvalue weighted by Crippen LogP contribution is -2.35. The Balaban J connectivity index is 2.17. The first-order valence-electron chi connectivity index (χ1n) is 7.82. The van der Waals surface area contributed by atoms with Gasteiger partial charge >= 0.3 is 0 Å². The third kappa shape index (κ3) is 6.07. The van der Waals surface area contributed by atoms with Crippen molar-refractivity contribution >= 4 is 15.6 Å². The molecule has 0 saturated carbocycles. The fraction of sp³-hybridized carbons (Fsp3) is 0.933. The smallest absolute Gasteiger partial charge is 0.160 e. The SMILES string of the molecule is CCCCCCCCCC(=O)C1CCCCS1(=O)=O. The maximum absolute atomic E-state index is 12.0. The van der Waals surface area contributed by atoms with Crippen molar-refractivity contribution in [3.63, 3.8) is 0 Å². The van der Waals surface area contributed by atoms with Gasteiger partial charge in [-0.05, 0) is 19.3 Å². The van der Waals surface area contributed by atoms with E-state index in [0.717, 1.165) is 25.7 Å². The predicted octanol–water partition coefficient (Wildman–Crippen LogP) is 3.66. The highest BCUT2D eigenvalue weighted by atomic mass is 32.2. The van der Waals surface area contributed by atoms with Crippen LogP contribution in [-0.4, -0.2) is 25.2 Å². The van der Waals surface area contributed by atoms with E-state index in [9.17, 15) is 13.2 Å². The summed E-state index contributed by atoms with van der Waals surface area (Å²) in [6.07, 6.45) is 10.8. The first-order valence-corrected chi connectivity index (χ1v) is 9.53. The largest absolute Gasteiger partial charge is 0.298 e. The normalized spacial score (nSPS) is 22.3. The lowest BCUT2D eigenvalue weighted by molar-refractivity contribution is -0.119. The summed E-state index contributed by atoms with van der Waals surface area (Å²) < 4.78 is 23.6. The van der Waals surface area contributed by atoms with Gasteiger partial charge in [0.25, 0.3) is 0 Å². The molecular formula is C15H28O3S. The molecule has 0 radical (unpaired) electrons. The maximum atomic E-state index is 12.0. The third-order valence-electron chi connectivity index (χ3n) is 3.96. The predicted molar refractivity (Wildman–Crippen MR) is 79.0 cm³/mol. The molecule has 3 nitrogen and oxygen atoms in total. The van der Waals surface area contributed by atoms with E-state index in [-0.39, 0.29) is 11.5 Å². The number of sulfone groups is 1. The summed E-state index contributed by atoms with van der Waals surface area (Å²) in [6, 6.07) is 0. The molecule has 1 unspecified atom stereocenters. The van der Waals surface area contributed by atoms with E-state index in [2.05, 4.69) is 6.92 Å². The average molecular weight is 288 g/mol. The van der Waals surface area contributed by atoms with Crippen LogP contribution in [0, 0.1) is 0 Å². The van der Waals surface area contributed by atoms with Crippen molar-refractivity contribution in [3.05, 3.63) is 0 Å². The van der Waals surface area contributed by atoms with E-state index in [1.54, 1.807) is 0 Å². The minimum Gasteiger partial charge on any atom is -0.298 e. The molecule has 1 fully saturated rings. The van der Waals surface area contributed by atoms with Crippen LogP contribution in [0.3, 0.4) is 0 Å². The van der Waals surface area contributed by atoms with E-state index < -0.39 is 15.1 Å². The van der Waals surface area contributed by atoms with E-state index >= 15 is 0 Å². The van der Waals surface area contributed by atoms with Crippen LogP contribution >= 0.6 is 0 Å². The zero-order valence-electron chi connectivity index (χ0n) is 12.2. The Morgan fingerprint density at radius 1 is 1.00 bits per heavy atom. The minimum atomic E-state index is -3.13. The Bertz CT molecular complexity index is 360. The number of rotatable bonds is 9. The highest BCUT2D eigenvalue weighted by molar-refractivity contribution is 7.92. The van der Waals surface area contributed by atoms with Crippen molar-refractivity contribution < 1.29 is 13.2 Å². The molecular weight excluding hydrogens is 260 g/mol. The second kappa shape index (κ2) is 8.72. The van der Waals surface area contributed by atoms with Crippen LogP contribution in [0.25, 0.3) is 0 Å². The molecule has 0 aromatic rings. The number of ketones is 1. The molecule has 1 heterocycles. The van der Waals surface area contributed by atoms with Crippen LogP contribution in [0.4, 0.5) is 0 Å². The maximum Gasteiger partial charge on any atom is 0.160 e. The minimum absolute atomic E-state index is 0.0340. The Morgan fingerprint density at radius 3 is 2.26 bits per heavy atom. The molecule has 0 aliphatic carbocycles. The zero-order valence-corrected chi connectivity index (χ0v) is 13.0. The van der Waals surface area contributed by atoms with Crippen molar-refractivity contribution in [2.75, 3.05) is 5.75 Å². The second-order valence-electron chi connectivity index (χ2n) is 5.69. The lowest BCUT2D eigenvalue weighted by Gasteiger charge is -2.20. The van der Waals surface area contributed by atoms with Gasteiger partial charge in [-0.2, -0.15) is 0 Å². The summed E-state index contributed by atoms with van der Waals surface area (Å²) in [5.74, 6) is 0.175. The molecule has 19 heavy (non-hydrogen) atoms. The lowest BCUT2D eigenvalue weighted by atomic mass is 10.0. The standard InChI is InChI=1S/C15H28O3S/c1-2-3-4-5-6-7-8-11-14(16)15-12-9-10-13-19(15,17)18/h15H,2-13H2,1H3. The van der Waals surface area contributed by atoms with Crippen LogP contribution < -0.4 is 0 Å². The van der Waals surface area contributed by atoms with Crippen molar-refractivity contribution in [2.24, 2.45) is 0 Å². The summed E-state index contributed by atoms with van der Waals surface area (Å²) in [5.41, 5.74) is 0. The van der Waals surface area contributed by atoms with Crippen molar-refractivity contribution in [1.82, 2.24) is 0 Å². The fourth-order valence-corrected chi connectivity index (χ4v) is 4.67. The number of carbonyl (C=O) groups excluding carboxylic acids is 1. The van der Waals surface area contributed by atoms with Gasteiger partial charge in [0.1, 0.15) is 5.25 Å². The van der Waals surface area contributed by atoms with Gasteiger partial charge in [-0.25, -0.2) is 8.42 Å². The molecule has 0 aromatic heterocycles. The van der Waals surface area contributed by atoms with Crippen molar-refractivity contribution in [3.8, 4) is 0 Å². The summed E-state index contributed by atoms with van der Waals surface area (Å²) in [7, 11) is -3.13. The van der Waals surface area contributed by atoms with E-state index in [1.807, 2.05) is 0 Å². The first-order chi connectivity index (χ1) is 9.08. The van der Waals surface area contributed by atoms with Gasteiger partial charge in [0.2, 0.25) is 0 Å². The van der Waals surface area contributed by atoms with Gasteiger partial charge in [0.15, 0.2) is 15.6 Å². The Kier molecular flexibility index (Phi) is 7.66. The molecule has 0 spiro atoms.